The molecule has 0 spiro atoms. The Labute approximate surface area is 99.8 Å². The number of benzene rings is 1. The van der Waals surface area contributed by atoms with Gasteiger partial charge in [-0.05, 0) is 5.56 Å². The van der Waals surface area contributed by atoms with Gasteiger partial charge in [0, 0.05) is 12.8 Å². The van der Waals surface area contributed by atoms with Crippen LogP contribution >= 0.6 is 0 Å². The van der Waals surface area contributed by atoms with E-state index in [1.165, 1.54) is 10.5 Å². The lowest BCUT2D eigenvalue weighted by Crippen LogP contribution is -2.45. The number of carbonyl (C=O) groups is 1. The van der Waals surface area contributed by atoms with Crippen LogP contribution in [0, 0.1) is 0 Å². The topological polar surface area (TPSA) is 49.8 Å². The second-order valence-electron chi connectivity index (χ2n) is 4.92. The molecule has 1 aromatic carbocycles. The van der Waals surface area contributed by atoms with E-state index in [2.05, 4.69) is 12.1 Å². The lowest BCUT2D eigenvalue weighted by molar-refractivity contribution is -0.0386. The van der Waals surface area contributed by atoms with Crippen molar-refractivity contribution < 1.29 is 14.6 Å². The van der Waals surface area contributed by atoms with Crippen LogP contribution in [-0.2, 0) is 11.2 Å². The first-order valence-corrected chi connectivity index (χ1v) is 5.86. The molecule has 2 aliphatic heterocycles. The minimum Gasteiger partial charge on any atom is -0.465 e. The molecule has 1 aromatic rings. The van der Waals surface area contributed by atoms with Crippen molar-refractivity contribution in [3.8, 4) is 0 Å². The first-order chi connectivity index (χ1) is 8.19. The van der Waals surface area contributed by atoms with Crippen molar-refractivity contribution in [2.24, 2.45) is 0 Å². The summed E-state index contributed by atoms with van der Waals surface area (Å²) in [5.74, 6) is 0. The van der Waals surface area contributed by atoms with E-state index < -0.39 is 6.09 Å². The fourth-order valence-electron chi connectivity index (χ4n) is 2.94. The lowest BCUT2D eigenvalue weighted by Gasteiger charge is -2.31. The van der Waals surface area contributed by atoms with Gasteiger partial charge in [0.05, 0.1) is 24.8 Å². The monoisotopic (exact) mass is 233 g/mol. The maximum Gasteiger partial charge on any atom is 0.407 e. The third-order valence-corrected chi connectivity index (χ3v) is 3.70. The molecule has 17 heavy (non-hydrogen) atoms. The molecular weight excluding hydrogens is 218 g/mol. The molecule has 3 rings (SSSR count). The molecule has 0 aromatic heterocycles. The van der Waals surface area contributed by atoms with Crippen LogP contribution in [0.3, 0.4) is 0 Å². The zero-order chi connectivity index (χ0) is 11.9. The minimum absolute atomic E-state index is 0.0520. The highest BCUT2D eigenvalue weighted by Crippen LogP contribution is 2.39. The second kappa shape index (κ2) is 3.74. The standard InChI is InChI=1S/C13H15NO3/c15-12(16)14-9-13(7-11(14)8-17-13)6-10-4-2-1-3-5-10/h1-5,11H,6-9H2,(H,15,16)/t11-,13-/m0/s1. The third kappa shape index (κ3) is 1.78. The van der Waals surface area contributed by atoms with Crippen LogP contribution in [0.25, 0.3) is 0 Å². The predicted molar refractivity (Wildman–Crippen MR) is 62.0 cm³/mol. The van der Waals surface area contributed by atoms with Gasteiger partial charge in [0.25, 0.3) is 0 Å². The molecule has 0 aliphatic carbocycles. The zero-order valence-electron chi connectivity index (χ0n) is 9.50. The number of nitrogens with zero attached hydrogens (tertiary/aromatic N) is 1. The molecule has 2 saturated heterocycles. The van der Waals surface area contributed by atoms with Gasteiger partial charge >= 0.3 is 6.09 Å². The Morgan fingerprint density at radius 2 is 2.24 bits per heavy atom. The Morgan fingerprint density at radius 3 is 2.88 bits per heavy atom. The molecule has 0 saturated carbocycles. The number of morpholine rings is 1. The van der Waals surface area contributed by atoms with Crippen molar-refractivity contribution in [1.82, 2.24) is 4.90 Å². The third-order valence-electron chi connectivity index (χ3n) is 3.70. The van der Waals surface area contributed by atoms with E-state index in [-0.39, 0.29) is 11.6 Å². The molecule has 2 heterocycles. The highest BCUT2D eigenvalue weighted by molar-refractivity contribution is 5.66. The number of ether oxygens (including phenoxy) is 1. The van der Waals surface area contributed by atoms with Crippen molar-refractivity contribution in [2.75, 3.05) is 13.2 Å². The maximum absolute atomic E-state index is 11.1. The number of carboxylic acid groups (broad SMARTS) is 1. The first kappa shape index (κ1) is 10.6. The molecule has 1 amide bonds. The first-order valence-electron chi connectivity index (χ1n) is 5.86. The molecule has 0 radical (unpaired) electrons. The summed E-state index contributed by atoms with van der Waals surface area (Å²) < 4.78 is 5.82. The second-order valence-corrected chi connectivity index (χ2v) is 4.92. The average molecular weight is 233 g/mol. The largest absolute Gasteiger partial charge is 0.465 e. The van der Waals surface area contributed by atoms with Crippen molar-refractivity contribution >= 4 is 6.09 Å². The van der Waals surface area contributed by atoms with Crippen LogP contribution in [0.1, 0.15) is 12.0 Å². The SMILES string of the molecule is O=C(O)N1C[C@]2(Cc3ccccc3)C[C@H]1CO2. The van der Waals surface area contributed by atoms with Crippen LogP contribution in [-0.4, -0.2) is 40.9 Å². The summed E-state index contributed by atoms with van der Waals surface area (Å²) in [6, 6.07) is 10.2. The Balaban J connectivity index is 1.78. The molecular formula is C13H15NO3. The summed E-state index contributed by atoms with van der Waals surface area (Å²) in [5, 5.41) is 9.09. The van der Waals surface area contributed by atoms with E-state index in [1.54, 1.807) is 0 Å². The fourth-order valence-corrected chi connectivity index (χ4v) is 2.94. The van der Waals surface area contributed by atoms with Crippen LogP contribution in [0.4, 0.5) is 4.79 Å². The van der Waals surface area contributed by atoms with E-state index in [9.17, 15) is 4.79 Å². The number of amides is 1. The van der Waals surface area contributed by atoms with E-state index in [0.29, 0.717) is 13.2 Å². The van der Waals surface area contributed by atoms with Gasteiger partial charge in [-0.2, -0.15) is 0 Å². The molecule has 1 N–H and O–H groups in total. The van der Waals surface area contributed by atoms with Crippen molar-refractivity contribution in [2.45, 2.75) is 24.5 Å². The molecule has 4 heteroatoms. The fraction of sp³-hybridized carbons (Fsp3) is 0.462. The molecule has 4 nitrogen and oxygen atoms in total. The molecule has 2 atom stereocenters. The van der Waals surface area contributed by atoms with Crippen LogP contribution in [0.2, 0.25) is 0 Å². The highest BCUT2D eigenvalue weighted by atomic mass is 16.5. The lowest BCUT2D eigenvalue weighted by atomic mass is 9.94. The number of hydrogen-bond acceptors (Lipinski definition) is 2. The van der Waals surface area contributed by atoms with Crippen molar-refractivity contribution in [1.29, 1.82) is 0 Å². The number of hydrogen-bond donors (Lipinski definition) is 1. The molecule has 2 bridgehead atoms. The van der Waals surface area contributed by atoms with Crippen LogP contribution in [0.15, 0.2) is 30.3 Å². The van der Waals surface area contributed by atoms with Gasteiger partial charge < -0.3 is 14.7 Å². The van der Waals surface area contributed by atoms with Gasteiger partial charge in [0.1, 0.15) is 0 Å². The number of rotatable bonds is 2. The Morgan fingerprint density at radius 1 is 1.47 bits per heavy atom. The highest BCUT2D eigenvalue weighted by Gasteiger charge is 2.52. The smallest absolute Gasteiger partial charge is 0.407 e. The summed E-state index contributed by atoms with van der Waals surface area (Å²) in [5.41, 5.74) is 0.921. The van der Waals surface area contributed by atoms with Gasteiger partial charge in [-0.3, -0.25) is 0 Å². The Hall–Kier alpha value is -1.55. The average Bonchev–Trinajstić information content (AvgIpc) is 2.87. The van der Waals surface area contributed by atoms with E-state index >= 15 is 0 Å². The maximum atomic E-state index is 11.1. The van der Waals surface area contributed by atoms with Crippen molar-refractivity contribution in [3.63, 3.8) is 0 Å². The van der Waals surface area contributed by atoms with E-state index in [1.807, 2.05) is 18.2 Å². The summed E-state index contributed by atoms with van der Waals surface area (Å²) >= 11 is 0. The Kier molecular flexibility index (Phi) is 2.33. The quantitative estimate of drug-likeness (QED) is 0.846. The number of fused-ring (bicyclic) bond motifs is 2. The van der Waals surface area contributed by atoms with Gasteiger partial charge in [-0.1, -0.05) is 30.3 Å². The minimum atomic E-state index is -0.826. The Bertz CT molecular complexity index is 434. The zero-order valence-corrected chi connectivity index (χ0v) is 9.50. The van der Waals surface area contributed by atoms with Gasteiger partial charge in [0.15, 0.2) is 0 Å². The van der Waals surface area contributed by atoms with Gasteiger partial charge in [0.2, 0.25) is 0 Å². The normalized spacial score (nSPS) is 30.8. The van der Waals surface area contributed by atoms with Gasteiger partial charge in [-0.15, -0.1) is 0 Å². The molecule has 2 aliphatic rings. The number of likely N-dealkylation sites (tertiary alicyclic amines) is 1. The van der Waals surface area contributed by atoms with Crippen LogP contribution < -0.4 is 0 Å². The van der Waals surface area contributed by atoms with Gasteiger partial charge in [-0.25, -0.2) is 4.79 Å². The van der Waals surface area contributed by atoms with Crippen molar-refractivity contribution in [3.05, 3.63) is 35.9 Å². The van der Waals surface area contributed by atoms with E-state index in [4.69, 9.17) is 9.84 Å². The summed E-state index contributed by atoms with van der Waals surface area (Å²) in [4.78, 5) is 12.6. The predicted octanol–water partition coefficient (Wildman–Crippen LogP) is 1.75. The summed E-state index contributed by atoms with van der Waals surface area (Å²) in [6.45, 7) is 1.04. The van der Waals surface area contributed by atoms with E-state index in [0.717, 1.165) is 12.8 Å². The summed E-state index contributed by atoms with van der Waals surface area (Å²) in [7, 11) is 0. The van der Waals surface area contributed by atoms with Crippen LogP contribution in [0.5, 0.6) is 0 Å². The molecule has 0 unspecified atom stereocenters. The molecule has 90 valence electrons. The molecule has 2 fully saturated rings. The summed E-state index contributed by atoms with van der Waals surface area (Å²) in [6.07, 6.45) is 0.802.